The van der Waals surface area contributed by atoms with Gasteiger partial charge in [-0.3, -0.25) is 4.79 Å². The Morgan fingerprint density at radius 2 is 1.94 bits per heavy atom. The van der Waals surface area contributed by atoms with E-state index in [1.807, 2.05) is 6.07 Å². The highest BCUT2D eigenvalue weighted by molar-refractivity contribution is 5.72. The number of amides is 1. The molecule has 0 aliphatic heterocycles. The van der Waals surface area contributed by atoms with Crippen molar-refractivity contribution in [3.05, 3.63) is 18.2 Å². The number of carbonyl (C=O) groups excluding carboxylic acids is 1. The molecule has 0 saturated carbocycles. The molecule has 1 aromatic rings. The van der Waals surface area contributed by atoms with E-state index in [2.05, 4.69) is 5.32 Å². The fraction of sp³-hybridized carbons (Fsp3) is 0.417. The van der Waals surface area contributed by atoms with E-state index < -0.39 is 0 Å². The number of nitrogens with one attached hydrogen (secondary N) is 1. The molecule has 0 spiro atoms. The lowest BCUT2D eigenvalue weighted by atomic mass is 10.3. The number of hydrogen-bond acceptors (Lipinski definition) is 4. The minimum atomic E-state index is -0.0776. The monoisotopic (exact) mass is 239 g/mol. The van der Waals surface area contributed by atoms with Crippen molar-refractivity contribution in [2.75, 3.05) is 27.4 Å². The molecule has 0 saturated heterocycles. The molecule has 1 amide bonds. The number of benzene rings is 1. The van der Waals surface area contributed by atoms with Crippen molar-refractivity contribution in [2.24, 2.45) is 0 Å². The third-order valence-corrected chi connectivity index (χ3v) is 2.10. The number of ether oxygens (including phenoxy) is 3. The lowest BCUT2D eigenvalue weighted by Crippen LogP contribution is -2.25. The van der Waals surface area contributed by atoms with Crippen LogP contribution in [-0.2, 0) is 4.79 Å². The second kappa shape index (κ2) is 6.62. The second-order valence-electron chi connectivity index (χ2n) is 3.32. The predicted molar refractivity (Wildman–Crippen MR) is 63.7 cm³/mol. The standard InChI is InChI=1S/C12H17NO4/c1-9(14)13-7-8-17-11-6-4-5-10(15-2)12(11)16-3/h4-6H,7-8H2,1-3H3,(H,13,14). The van der Waals surface area contributed by atoms with Gasteiger partial charge in [0.25, 0.3) is 0 Å². The van der Waals surface area contributed by atoms with Crippen LogP contribution >= 0.6 is 0 Å². The lowest BCUT2D eigenvalue weighted by Gasteiger charge is -2.13. The summed E-state index contributed by atoms with van der Waals surface area (Å²) in [5.41, 5.74) is 0. The minimum absolute atomic E-state index is 0.0776. The van der Waals surface area contributed by atoms with E-state index >= 15 is 0 Å². The van der Waals surface area contributed by atoms with Crippen LogP contribution in [0.5, 0.6) is 17.2 Å². The Kier molecular flexibility index (Phi) is 5.13. The van der Waals surface area contributed by atoms with E-state index in [1.165, 1.54) is 6.92 Å². The Morgan fingerprint density at radius 3 is 2.53 bits per heavy atom. The van der Waals surface area contributed by atoms with Crippen LogP contribution in [-0.4, -0.2) is 33.3 Å². The highest BCUT2D eigenvalue weighted by Crippen LogP contribution is 2.36. The molecule has 0 atom stereocenters. The first kappa shape index (κ1) is 13.2. The van der Waals surface area contributed by atoms with E-state index in [-0.39, 0.29) is 5.91 Å². The first-order valence-electron chi connectivity index (χ1n) is 5.27. The molecular weight excluding hydrogens is 222 g/mol. The Hall–Kier alpha value is -1.91. The summed E-state index contributed by atoms with van der Waals surface area (Å²) >= 11 is 0. The summed E-state index contributed by atoms with van der Waals surface area (Å²) in [4.78, 5) is 10.7. The predicted octanol–water partition coefficient (Wildman–Crippen LogP) is 1.22. The summed E-state index contributed by atoms with van der Waals surface area (Å²) in [6, 6.07) is 5.39. The van der Waals surface area contributed by atoms with Crippen LogP contribution in [0.2, 0.25) is 0 Å². The average Bonchev–Trinajstić information content (AvgIpc) is 2.33. The zero-order chi connectivity index (χ0) is 12.7. The highest BCUT2D eigenvalue weighted by atomic mass is 16.5. The van der Waals surface area contributed by atoms with E-state index in [4.69, 9.17) is 14.2 Å². The van der Waals surface area contributed by atoms with Gasteiger partial charge in [0.1, 0.15) is 6.61 Å². The second-order valence-corrected chi connectivity index (χ2v) is 3.32. The molecule has 0 aliphatic rings. The molecule has 5 heteroatoms. The molecule has 0 bridgehead atoms. The molecule has 0 unspecified atom stereocenters. The highest BCUT2D eigenvalue weighted by Gasteiger charge is 2.10. The van der Waals surface area contributed by atoms with E-state index in [0.29, 0.717) is 30.4 Å². The van der Waals surface area contributed by atoms with Gasteiger partial charge in [0.15, 0.2) is 11.5 Å². The molecule has 94 valence electrons. The van der Waals surface area contributed by atoms with Crippen molar-refractivity contribution in [2.45, 2.75) is 6.92 Å². The molecule has 1 aromatic carbocycles. The van der Waals surface area contributed by atoms with Gasteiger partial charge in [-0.15, -0.1) is 0 Å². The summed E-state index contributed by atoms with van der Waals surface area (Å²) in [7, 11) is 3.12. The number of rotatable bonds is 6. The molecule has 1 rings (SSSR count). The van der Waals surface area contributed by atoms with Gasteiger partial charge in [-0.05, 0) is 12.1 Å². The van der Waals surface area contributed by atoms with Crippen molar-refractivity contribution >= 4 is 5.91 Å². The van der Waals surface area contributed by atoms with Crippen LogP contribution in [0.1, 0.15) is 6.92 Å². The van der Waals surface area contributed by atoms with Gasteiger partial charge in [0, 0.05) is 6.92 Å². The van der Waals surface area contributed by atoms with Gasteiger partial charge >= 0.3 is 0 Å². The van der Waals surface area contributed by atoms with Crippen molar-refractivity contribution in [1.82, 2.24) is 5.32 Å². The largest absolute Gasteiger partial charge is 0.493 e. The molecule has 0 heterocycles. The van der Waals surface area contributed by atoms with Crippen molar-refractivity contribution < 1.29 is 19.0 Å². The molecule has 0 radical (unpaired) electrons. The Morgan fingerprint density at radius 1 is 1.24 bits per heavy atom. The van der Waals surface area contributed by atoms with Crippen LogP contribution in [0.25, 0.3) is 0 Å². The summed E-state index contributed by atoms with van der Waals surface area (Å²) in [6.07, 6.45) is 0. The number of para-hydroxylation sites is 1. The van der Waals surface area contributed by atoms with E-state index in [1.54, 1.807) is 26.4 Å². The smallest absolute Gasteiger partial charge is 0.216 e. The number of methoxy groups -OCH3 is 2. The van der Waals surface area contributed by atoms with Gasteiger partial charge in [-0.1, -0.05) is 6.07 Å². The van der Waals surface area contributed by atoms with E-state index in [0.717, 1.165) is 0 Å². The Balaban J connectivity index is 2.60. The zero-order valence-corrected chi connectivity index (χ0v) is 10.3. The number of carbonyl (C=O) groups is 1. The first-order chi connectivity index (χ1) is 8.19. The normalized spacial score (nSPS) is 9.59. The summed E-state index contributed by atoms with van der Waals surface area (Å²) in [5.74, 6) is 1.69. The summed E-state index contributed by atoms with van der Waals surface area (Å²) in [5, 5.41) is 2.65. The quantitative estimate of drug-likeness (QED) is 0.758. The molecule has 5 nitrogen and oxygen atoms in total. The average molecular weight is 239 g/mol. The van der Waals surface area contributed by atoms with Crippen molar-refractivity contribution in [1.29, 1.82) is 0 Å². The molecule has 0 aliphatic carbocycles. The fourth-order valence-electron chi connectivity index (χ4n) is 1.36. The summed E-state index contributed by atoms with van der Waals surface area (Å²) < 4.78 is 15.9. The third-order valence-electron chi connectivity index (χ3n) is 2.10. The van der Waals surface area contributed by atoms with Crippen molar-refractivity contribution in [3.8, 4) is 17.2 Å². The first-order valence-corrected chi connectivity index (χ1v) is 5.27. The Labute approximate surface area is 101 Å². The van der Waals surface area contributed by atoms with Gasteiger partial charge in [0.05, 0.1) is 20.8 Å². The van der Waals surface area contributed by atoms with Gasteiger partial charge in [-0.25, -0.2) is 0 Å². The lowest BCUT2D eigenvalue weighted by molar-refractivity contribution is -0.119. The summed E-state index contributed by atoms with van der Waals surface area (Å²) in [6.45, 7) is 2.30. The molecule has 0 fully saturated rings. The van der Waals surface area contributed by atoms with Crippen LogP contribution in [0, 0.1) is 0 Å². The minimum Gasteiger partial charge on any atom is -0.493 e. The zero-order valence-electron chi connectivity index (χ0n) is 10.3. The van der Waals surface area contributed by atoms with Gasteiger partial charge < -0.3 is 19.5 Å². The third kappa shape index (κ3) is 3.86. The fourth-order valence-corrected chi connectivity index (χ4v) is 1.36. The maximum Gasteiger partial charge on any atom is 0.216 e. The molecule has 0 aromatic heterocycles. The van der Waals surface area contributed by atoms with Crippen LogP contribution in [0.3, 0.4) is 0 Å². The molecule has 1 N–H and O–H groups in total. The number of hydrogen-bond donors (Lipinski definition) is 1. The SMILES string of the molecule is COc1cccc(OCCNC(C)=O)c1OC. The van der Waals surface area contributed by atoms with E-state index in [9.17, 15) is 4.79 Å². The Bertz CT molecular complexity index is 379. The maximum absolute atomic E-state index is 10.7. The maximum atomic E-state index is 10.7. The van der Waals surface area contributed by atoms with Crippen molar-refractivity contribution in [3.63, 3.8) is 0 Å². The van der Waals surface area contributed by atoms with Crippen LogP contribution in [0.15, 0.2) is 18.2 Å². The van der Waals surface area contributed by atoms with Crippen LogP contribution < -0.4 is 19.5 Å². The van der Waals surface area contributed by atoms with Gasteiger partial charge in [0.2, 0.25) is 11.7 Å². The van der Waals surface area contributed by atoms with Gasteiger partial charge in [-0.2, -0.15) is 0 Å². The van der Waals surface area contributed by atoms with Crippen LogP contribution in [0.4, 0.5) is 0 Å². The topological polar surface area (TPSA) is 56.8 Å². The molecular formula is C12H17NO4. The molecule has 17 heavy (non-hydrogen) atoms.